The molecular weight excluding hydrogens is 637 g/mol. The Balaban J connectivity index is 1.07. The standard InChI is InChI=1S/C46H30N6/c1-2-12-36-30-38(32-21-25-34(26-22-32)46-50-40-14-4-6-16-42(40)52(46)44-18-8-10-28-48-44)37(29-35(36)11-1)31-19-23-33(24-20-31)45-49-39-13-3-5-15-41(39)51(45)43-17-7-9-27-47-43/h1-30H. The van der Waals surface area contributed by atoms with E-state index >= 15 is 0 Å². The highest BCUT2D eigenvalue weighted by atomic mass is 15.1. The van der Waals surface area contributed by atoms with Gasteiger partial charge in [0.2, 0.25) is 0 Å². The van der Waals surface area contributed by atoms with Crippen LogP contribution >= 0.6 is 0 Å². The Bertz CT molecular complexity index is 2670. The molecule has 0 amide bonds. The molecule has 244 valence electrons. The van der Waals surface area contributed by atoms with E-state index in [0.29, 0.717) is 0 Å². The van der Waals surface area contributed by atoms with Crippen molar-refractivity contribution in [3.05, 3.63) is 182 Å². The molecule has 6 heteroatoms. The molecule has 0 N–H and O–H groups in total. The van der Waals surface area contributed by atoms with E-state index in [1.807, 2.05) is 85.2 Å². The normalized spacial score (nSPS) is 11.5. The number of imidazole rings is 2. The van der Waals surface area contributed by atoms with Crippen LogP contribution in [0.4, 0.5) is 0 Å². The van der Waals surface area contributed by atoms with Gasteiger partial charge in [-0.1, -0.05) is 109 Å². The van der Waals surface area contributed by atoms with Gasteiger partial charge in [-0.05, 0) is 93.7 Å². The van der Waals surface area contributed by atoms with Crippen LogP contribution in [0.1, 0.15) is 0 Å². The number of fused-ring (bicyclic) bond motifs is 3. The van der Waals surface area contributed by atoms with Crippen molar-refractivity contribution in [3.8, 4) is 56.7 Å². The quantitative estimate of drug-likeness (QED) is 0.177. The van der Waals surface area contributed by atoms with Crippen molar-refractivity contribution < 1.29 is 0 Å². The molecule has 0 atom stereocenters. The topological polar surface area (TPSA) is 61.4 Å². The Hall–Kier alpha value is -7.18. The molecule has 10 aromatic rings. The Morgan fingerprint density at radius 1 is 0.346 bits per heavy atom. The molecule has 6 aromatic carbocycles. The summed E-state index contributed by atoms with van der Waals surface area (Å²) in [5, 5.41) is 2.39. The molecule has 0 aliphatic rings. The van der Waals surface area contributed by atoms with Crippen LogP contribution < -0.4 is 0 Å². The molecule has 0 aliphatic carbocycles. The van der Waals surface area contributed by atoms with Gasteiger partial charge in [0.15, 0.2) is 0 Å². The lowest BCUT2D eigenvalue weighted by Crippen LogP contribution is -2.00. The van der Waals surface area contributed by atoms with Gasteiger partial charge in [0.05, 0.1) is 22.1 Å². The maximum absolute atomic E-state index is 5.05. The summed E-state index contributed by atoms with van der Waals surface area (Å²) in [5.74, 6) is 3.40. The minimum Gasteiger partial charge on any atom is -0.276 e. The van der Waals surface area contributed by atoms with Gasteiger partial charge in [0.25, 0.3) is 0 Å². The molecule has 10 rings (SSSR count). The summed E-state index contributed by atoms with van der Waals surface area (Å²) in [6.07, 6.45) is 3.64. The lowest BCUT2D eigenvalue weighted by molar-refractivity contribution is 1.03. The van der Waals surface area contributed by atoms with Gasteiger partial charge in [0, 0.05) is 23.5 Å². The van der Waals surface area contributed by atoms with Gasteiger partial charge in [0.1, 0.15) is 23.3 Å². The molecule has 0 bridgehead atoms. The number of hydrogen-bond acceptors (Lipinski definition) is 4. The van der Waals surface area contributed by atoms with E-state index in [-0.39, 0.29) is 0 Å². The molecule has 0 unspecified atom stereocenters. The van der Waals surface area contributed by atoms with Crippen LogP contribution in [0.5, 0.6) is 0 Å². The zero-order chi connectivity index (χ0) is 34.4. The van der Waals surface area contributed by atoms with Crippen molar-refractivity contribution in [1.82, 2.24) is 29.1 Å². The first-order valence-corrected chi connectivity index (χ1v) is 17.3. The molecule has 6 nitrogen and oxygen atoms in total. The first-order chi connectivity index (χ1) is 25.8. The van der Waals surface area contributed by atoms with Gasteiger partial charge in [-0.3, -0.25) is 9.13 Å². The van der Waals surface area contributed by atoms with Crippen LogP contribution in [-0.2, 0) is 0 Å². The van der Waals surface area contributed by atoms with Crippen LogP contribution in [0.2, 0.25) is 0 Å². The number of pyridine rings is 2. The zero-order valence-electron chi connectivity index (χ0n) is 28.0. The molecule has 0 saturated heterocycles. The van der Waals surface area contributed by atoms with E-state index < -0.39 is 0 Å². The van der Waals surface area contributed by atoms with E-state index in [2.05, 4.69) is 116 Å². The minimum absolute atomic E-state index is 0.839. The van der Waals surface area contributed by atoms with Crippen LogP contribution in [0.25, 0.3) is 89.5 Å². The Morgan fingerprint density at radius 3 is 1.15 bits per heavy atom. The monoisotopic (exact) mass is 666 g/mol. The lowest BCUT2D eigenvalue weighted by atomic mass is 9.90. The average Bonchev–Trinajstić information content (AvgIpc) is 3.81. The van der Waals surface area contributed by atoms with Crippen molar-refractivity contribution in [2.75, 3.05) is 0 Å². The third-order valence-corrected chi connectivity index (χ3v) is 9.67. The third kappa shape index (κ3) is 5.05. The van der Waals surface area contributed by atoms with E-state index in [9.17, 15) is 0 Å². The number of hydrogen-bond donors (Lipinski definition) is 0. The van der Waals surface area contributed by atoms with Crippen LogP contribution in [0.3, 0.4) is 0 Å². The van der Waals surface area contributed by atoms with E-state index in [1.54, 1.807) is 0 Å². The second-order valence-electron chi connectivity index (χ2n) is 12.8. The molecular formula is C46H30N6. The van der Waals surface area contributed by atoms with Crippen molar-refractivity contribution >= 4 is 32.8 Å². The molecule has 0 radical (unpaired) electrons. The van der Waals surface area contributed by atoms with Crippen molar-refractivity contribution in [3.63, 3.8) is 0 Å². The van der Waals surface area contributed by atoms with Gasteiger partial charge < -0.3 is 0 Å². The fourth-order valence-corrected chi connectivity index (χ4v) is 7.19. The summed E-state index contributed by atoms with van der Waals surface area (Å²) in [6.45, 7) is 0. The summed E-state index contributed by atoms with van der Waals surface area (Å²) in [7, 11) is 0. The molecule has 0 aliphatic heterocycles. The Labute approximate surface area is 300 Å². The number of aromatic nitrogens is 6. The number of nitrogens with zero attached hydrogens (tertiary/aromatic N) is 6. The molecule has 52 heavy (non-hydrogen) atoms. The smallest absolute Gasteiger partial charge is 0.146 e. The highest BCUT2D eigenvalue weighted by Crippen LogP contribution is 2.38. The fraction of sp³-hybridized carbons (Fsp3) is 0. The minimum atomic E-state index is 0.839. The number of para-hydroxylation sites is 4. The van der Waals surface area contributed by atoms with Gasteiger partial charge >= 0.3 is 0 Å². The first kappa shape index (κ1) is 29.7. The van der Waals surface area contributed by atoms with E-state index in [4.69, 9.17) is 9.97 Å². The van der Waals surface area contributed by atoms with Crippen molar-refractivity contribution in [2.45, 2.75) is 0 Å². The van der Waals surface area contributed by atoms with E-state index in [1.165, 1.54) is 10.8 Å². The second-order valence-corrected chi connectivity index (χ2v) is 12.8. The Kier molecular flexibility index (Phi) is 7.03. The summed E-state index contributed by atoms with van der Waals surface area (Å²) in [5.41, 5.74) is 10.5. The number of rotatable bonds is 6. The van der Waals surface area contributed by atoms with E-state index in [0.717, 1.165) is 78.7 Å². The first-order valence-electron chi connectivity index (χ1n) is 17.3. The largest absolute Gasteiger partial charge is 0.276 e. The van der Waals surface area contributed by atoms with Crippen molar-refractivity contribution in [2.24, 2.45) is 0 Å². The molecule has 4 heterocycles. The van der Waals surface area contributed by atoms with Gasteiger partial charge in [-0.15, -0.1) is 0 Å². The molecule has 0 fully saturated rings. The Morgan fingerprint density at radius 2 is 0.731 bits per heavy atom. The lowest BCUT2D eigenvalue weighted by Gasteiger charge is -2.14. The fourth-order valence-electron chi connectivity index (χ4n) is 7.19. The predicted octanol–water partition coefficient (Wildman–Crippen LogP) is 11.0. The molecule has 0 saturated carbocycles. The van der Waals surface area contributed by atoms with Crippen LogP contribution in [-0.4, -0.2) is 29.1 Å². The highest BCUT2D eigenvalue weighted by molar-refractivity contribution is 5.97. The number of benzene rings is 6. The maximum atomic E-state index is 5.05. The average molecular weight is 667 g/mol. The van der Waals surface area contributed by atoms with Crippen molar-refractivity contribution in [1.29, 1.82) is 0 Å². The molecule has 0 spiro atoms. The second kappa shape index (κ2) is 12.3. The maximum Gasteiger partial charge on any atom is 0.146 e. The highest BCUT2D eigenvalue weighted by Gasteiger charge is 2.18. The molecule has 4 aromatic heterocycles. The van der Waals surface area contributed by atoms with Gasteiger partial charge in [-0.25, -0.2) is 19.9 Å². The van der Waals surface area contributed by atoms with Crippen LogP contribution in [0, 0.1) is 0 Å². The summed E-state index contributed by atoms with van der Waals surface area (Å²) in [4.78, 5) is 19.4. The summed E-state index contributed by atoms with van der Waals surface area (Å²) >= 11 is 0. The van der Waals surface area contributed by atoms with Gasteiger partial charge in [-0.2, -0.15) is 0 Å². The predicted molar refractivity (Wildman–Crippen MR) is 211 cm³/mol. The van der Waals surface area contributed by atoms with Crippen LogP contribution in [0.15, 0.2) is 182 Å². The third-order valence-electron chi connectivity index (χ3n) is 9.67. The zero-order valence-corrected chi connectivity index (χ0v) is 28.0. The SMILES string of the molecule is c1ccc(-n2c(-c3ccc(-c4cc5ccccc5cc4-c4ccc(-c5nc6ccccc6n5-c5ccccn5)cc4)cc3)nc3ccccc32)nc1. The summed E-state index contributed by atoms with van der Waals surface area (Å²) < 4.78 is 4.27. The summed E-state index contributed by atoms with van der Waals surface area (Å²) in [6, 6.07) is 59.0.